The topological polar surface area (TPSA) is 68.6 Å². The van der Waals surface area contributed by atoms with E-state index in [9.17, 15) is 4.79 Å². The molecule has 7 nitrogen and oxygen atoms in total. The number of benzene rings is 1. The number of hydrogen-bond acceptors (Lipinski definition) is 5. The Morgan fingerprint density at radius 2 is 1.94 bits per heavy atom. The molecule has 2 aromatic rings. The lowest BCUT2D eigenvalue weighted by Crippen LogP contribution is -2.36. The van der Waals surface area contributed by atoms with Crippen molar-refractivity contribution >= 4 is 5.91 Å². The molecule has 1 atom stereocenters. The smallest absolute Gasteiger partial charge is 0.274 e. The average molecular weight is 441 g/mol. The van der Waals surface area contributed by atoms with Crippen LogP contribution in [-0.4, -0.2) is 53.9 Å². The Balaban J connectivity index is 1.50. The number of hydrogen-bond donors (Lipinski definition) is 1. The minimum atomic E-state index is 0.116. The number of carbonyl (C=O) groups excluding carboxylic acids is 1. The molecular weight excluding hydrogens is 404 g/mol. The SMILES string of the molecule is CCn1nc(C(=O)N2CCCCCC2)c2c1CC[C@H](NCc1cccc(OC)c1OC)C2. The van der Waals surface area contributed by atoms with Gasteiger partial charge in [-0.25, -0.2) is 0 Å². The molecule has 2 heterocycles. The fourth-order valence-corrected chi connectivity index (χ4v) is 5.07. The lowest BCUT2D eigenvalue weighted by atomic mass is 9.90. The van der Waals surface area contributed by atoms with Crippen molar-refractivity contribution in [3.05, 3.63) is 40.7 Å². The maximum absolute atomic E-state index is 13.4. The summed E-state index contributed by atoms with van der Waals surface area (Å²) in [4.78, 5) is 15.4. The minimum absolute atomic E-state index is 0.116. The largest absolute Gasteiger partial charge is 0.493 e. The van der Waals surface area contributed by atoms with Gasteiger partial charge in [0.1, 0.15) is 0 Å². The zero-order valence-corrected chi connectivity index (χ0v) is 19.7. The Bertz CT molecular complexity index is 932. The Morgan fingerprint density at radius 3 is 2.62 bits per heavy atom. The third-order valence-electron chi connectivity index (χ3n) is 6.81. The molecule has 174 valence electrons. The van der Waals surface area contributed by atoms with E-state index in [2.05, 4.69) is 18.3 Å². The average Bonchev–Trinajstić information content (AvgIpc) is 2.98. The second-order valence-corrected chi connectivity index (χ2v) is 8.77. The number of aromatic nitrogens is 2. The van der Waals surface area contributed by atoms with E-state index in [1.807, 2.05) is 21.7 Å². The summed E-state index contributed by atoms with van der Waals surface area (Å²) in [7, 11) is 3.33. The van der Waals surface area contributed by atoms with Gasteiger partial charge in [0.25, 0.3) is 5.91 Å². The summed E-state index contributed by atoms with van der Waals surface area (Å²) in [6.07, 6.45) is 7.41. The van der Waals surface area contributed by atoms with Gasteiger partial charge in [0.15, 0.2) is 17.2 Å². The number of carbonyl (C=O) groups is 1. The van der Waals surface area contributed by atoms with Crippen LogP contribution in [0.15, 0.2) is 18.2 Å². The first kappa shape index (κ1) is 22.6. The predicted molar refractivity (Wildman–Crippen MR) is 124 cm³/mol. The number of rotatable bonds is 7. The van der Waals surface area contributed by atoms with Crippen molar-refractivity contribution < 1.29 is 14.3 Å². The second kappa shape index (κ2) is 10.4. The molecule has 1 aromatic carbocycles. The number of methoxy groups -OCH3 is 2. The Labute approximate surface area is 191 Å². The predicted octanol–water partition coefficient (Wildman–Crippen LogP) is 3.58. The van der Waals surface area contributed by atoms with Crippen LogP contribution in [0.5, 0.6) is 11.5 Å². The number of aryl methyl sites for hydroxylation is 1. The van der Waals surface area contributed by atoms with Crippen molar-refractivity contribution in [2.24, 2.45) is 0 Å². The van der Waals surface area contributed by atoms with Gasteiger partial charge in [0, 0.05) is 49.0 Å². The molecule has 0 saturated carbocycles. The van der Waals surface area contributed by atoms with Crippen LogP contribution in [0, 0.1) is 0 Å². The van der Waals surface area contributed by atoms with Gasteiger partial charge in [-0.05, 0) is 45.1 Å². The summed E-state index contributed by atoms with van der Waals surface area (Å²) >= 11 is 0. The Morgan fingerprint density at radius 1 is 1.16 bits per heavy atom. The summed E-state index contributed by atoms with van der Waals surface area (Å²) in [5.41, 5.74) is 4.13. The van der Waals surface area contributed by atoms with Crippen molar-refractivity contribution in [2.45, 2.75) is 71.0 Å². The third kappa shape index (κ3) is 4.63. The molecule has 4 rings (SSSR count). The molecular formula is C25H36N4O3. The Hall–Kier alpha value is -2.54. The number of nitrogens with zero attached hydrogens (tertiary/aromatic N) is 3. The number of likely N-dealkylation sites (tertiary alicyclic amines) is 1. The summed E-state index contributed by atoms with van der Waals surface area (Å²) in [5, 5.41) is 8.47. The maximum Gasteiger partial charge on any atom is 0.274 e. The first-order valence-corrected chi connectivity index (χ1v) is 12.0. The van der Waals surface area contributed by atoms with E-state index >= 15 is 0 Å². The van der Waals surface area contributed by atoms with Crippen molar-refractivity contribution in [2.75, 3.05) is 27.3 Å². The quantitative estimate of drug-likeness (QED) is 0.713. The number of amides is 1. The lowest BCUT2D eigenvalue weighted by Gasteiger charge is -2.26. The van der Waals surface area contributed by atoms with Crippen LogP contribution in [0.25, 0.3) is 0 Å². The number of fused-ring (bicyclic) bond motifs is 1. The van der Waals surface area contributed by atoms with Crippen molar-refractivity contribution in [3.8, 4) is 11.5 Å². The molecule has 1 saturated heterocycles. The van der Waals surface area contributed by atoms with Gasteiger partial charge in [0.05, 0.1) is 14.2 Å². The molecule has 32 heavy (non-hydrogen) atoms. The molecule has 0 spiro atoms. The van der Waals surface area contributed by atoms with Crippen LogP contribution >= 0.6 is 0 Å². The number of para-hydroxylation sites is 1. The van der Waals surface area contributed by atoms with Crippen molar-refractivity contribution in [3.63, 3.8) is 0 Å². The van der Waals surface area contributed by atoms with Gasteiger partial charge in [-0.2, -0.15) is 5.10 Å². The van der Waals surface area contributed by atoms with Gasteiger partial charge in [-0.1, -0.05) is 25.0 Å². The van der Waals surface area contributed by atoms with E-state index in [1.54, 1.807) is 14.2 Å². The molecule has 1 amide bonds. The van der Waals surface area contributed by atoms with E-state index < -0.39 is 0 Å². The fourth-order valence-electron chi connectivity index (χ4n) is 5.07. The normalized spacial score (nSPS) is 18.7. The standard InChI is InChI=1S/C25H36N4O3/c1-4-29-21-13-12-19(26-17-18-10-9-11-22(31-2)24(18)32-3)16-20(21)23(27-29)25(30)28-14-7-5-6-8-15-28/h9-11,19,26H,4-8,12-17H2,1-3H3/t19-/m0/s1. The third-order valence-corrected chi connectivity index (χ3v) is 6.81. The molecule has 0 unspecified atom stereocenters. The highest BCUT2D eigenvalue weighted by atomic mass is 16.5. The van der Waals surface area contributed by atoms with E-state index in [0.29, 0.717) is 18.3 Å². The molecule has 0 radical (unpaired) electrons. The van der Waals surface area contributed by atoms with Crippen molar-refractivity contribution in [1.29, 1.82) is 0 Å². The first-order chi connectivity index (χ1) is 15.7. The van der Waals surface area contributed by atoms with Gasteiger partial charge < -0.3 is 19.7 Å². The summed E-state index contributed by atoms with van der Waals surface area (Å²) in [6, 6.07) is 6.25. The zero-order valence-electron chi connectivity index (χ0n) is 19.7. The van der Waals surface area contributed by atoms with Crippen LogP contribution in [0.4, 0.5) is 0 Å². The molecule has 1 aliphatic carbocycles. The molecule has 2 aliphatic rings. The highest BCUT2D eigenvalue weighted by Crippen LogP contribution is 2.31. The van der Waals surface area contributed by atoms with E-state index in [-0.39, 0.29) is 5.91 Å². The van der Waals surface area contributed by atoms with Gasteiger partial charge in [-0.15, -0.1) is 0 Å². The van der Waals surface area contributed by atoms with Crippen LogP contribution < -0.4 is 14.8 Å². The molecule has 1 N–H and O–H groups in total. The second-order valence-electron chi connectivity index (χ2n) is 8.77. The molecule has 1 aliphatic heterocycles. The summed E-state index contributed by atoms with van der Waals surface area (Å²) in [6.45, 7) is 5.30. The highest BCUT2D eigenvalue weighted by molar-refractivity contribution is 5.94. The van der Waals surface area contributed by atoms with Crippen molar-refractivity contribution in [1.82, 2.24) is 20.0 Å². The summed E-state index contributed by atoms with van der Waals surface area (Å²) in [5.74, 6) is 1.63. The molecule has 1 aromatic heterocycles. The lowest BCUT2D eigenvalue weighted by molar-refractivity contribution is 0.0753. The molecule has 0 bridgehead atoms. The van der Waals surface area contributed by atoms with E-state index in [0.717, 1.165) is 74.4 Å². The van der Waals surface area contributed by atoms with E-state index in [1.165, 1.54) is 18.5 Å². The van der Waals surface area contributed by atoms with Gasteiger partial charge in [-0.3, -0.25) is 9.48 Å². The summed E-state index contributed by atoms with van der Waals surface area (Å²) < 4.78 is 13.1. The van der Waals surface area contributed by atoms with Gasteiger partial charge >= 0.3 is 0 Å². The zero-order chi connectivity index (χ0) is 22.5. The maximum atomic E-state index is 13.4. The molecule has 7 heteroatoms. The van der Waals surface area contributed by atoms with Crippen LogP contribution in [0.2, 0.25) is 0 Å². The first-order valence-electron chi connectivity index (χ1n) is 12.0. The van der Waals surface area contributed by atoms with Crippen LogP contribution in [0.1, 0.15) is 66.3 Å². The number of nitrogens with one attached hydrogen (secondary N) is 1. The Kier molecular flexibility index (Phi) is 7.35. The van der Waals surface area contributed by atoms with E-state index in [4.69, 9.17) is 14.6 Å². The monoisotopic (exact) mass is 440 g/mol. The van der Waals surface area contributed by atoms with Gasteiger partial charge in [0.2, 0.25) is 0 Å². The van der Waals surface area contributed by atoms with Crippen LogP contribution in [-0.2, 0) is 25.9 Å². The highest BCUT2D eigenvalue weighted by Gasteiger charge is 2.31. The fraction of sp³-hybridized carbons (Fsp3) is 0.600. The molecule has 1 fully saturated rings. The minimum Gasteiger partial charge on any atom is -0.493 e. The van der Waals surface area contributed by atoms with Crippen LogP contribution in [0.3, 0.4) is 0 Å². The number of ether oxygens (including phenoxy) is 2.